The summed E-state index contributed by atoms with van der Waals surface area (Å²) in [7, 11) is 0. The van der Waals surface area contributed by atoms with Crippen molar-refractivity contribution in [2.24, 2.45) is 5.16 Å². The van der Waals surface area contributed by atoms with Crippen molar-refractivity contribution < 1.29 is 23.2 Å². The molecule has 1 rings (SSSR count). The average molecular weight is 416 g/mol. The summed E-state index contributed by atoms with van der Waals surface area (Å²) in [6.45, 7) is 4.45. The lowest BCUT2D eigenvalue weighted by Gasteiger charge is -2.20. The van der Waals surface area contributed by atoms with Crippen molar-refractivity contribution in [1.29, 1.82) is 0 Å². The van der Waals surface area contributed by atoms with Crippen LogP contribution in [0.3, 0.4) is 0 Å². The summed E-state index contributed by atoms with van der Waals surface area (Å²) in [5.74, 6) is 0.545. The van der Waals surface area contributed by atoms with Gasteiger partial charge in [-0.3, -0.25) is 13.9 Å². The van der Waals surface area contributed by atoms with Crippen LogP contribution in [0.25, 0.3) is 0 Å². The first-order valence-corrected chi connectivity index (χ1v) is 11.8. The van der Waals surface area contributed by atoms with Gasteiger partial charge in [0.05, 0.1) is 19.4 Å². The van der Waals surface area contributed by atoms with E-state index in [9.17, 15) is 4.79 Å². The molecule has 7 nitrogen and oxygen atoms in total. The van der Waals surface area contributed by atoms with Crippen LogP contribution in [0.15, 0.2) is 29.4 Å². The molecule has 0 saturated heterocycles. The van der Waals surface area contributed by atoms with Crippen molar-refractivity contribution >= 4 is 30.8 Å². The van der Waals surface area contributed by atoms with Crippen LogP contribution in [0.4, 0.5) is 4.79 Å². The highest BCUT2D eigenvalue weighted by Crippen LogP contribution is 2.49. The number of nitrogens with one attached hydrogen (secondary N) is 1. The van der Waals surface area contributed by atoms with Gasteiger partial charge in [-0.25, -0.2) is 4.79 Å². The molecule has 0 heterocycles. The average Bonchev–Trinajstić information content (AvgIpc) is 2.63. The molecule has 27 heavy (non-hydrogen) atoms. The zero-order valence-electron chi connectivity index (χ0n) is 16.2. The van der Waals surface area contributed by atoms with Gasteiger partial charge in [-0.15, -0.1) is 0 Å². The maximum atomic E-state index is 11.5. The van der Waals surface area contributed by atoms with Gasteiger partial charge in [0, 0.05) is 18.4 Å². The Morgan fingerprint density at radius 2 is 1.78 bits per heavy atom. The molecule has 0 aliphatic heterocycles. The van der Waals surface area contributed by atoms with Crippen molar-refractivity contribution in [3.05, 3.63) is 29.8 Å². The molecule has 0 aliphatic rings. The SMILES string of the molecule is CCCCCCNC(=O)O/N=C/c1ccc(OP(=S)(OCC)OCC)cc1. The maximum Gasteiger partial charge on any atom is 0.433 e. The van der Waals surface area contributed by atoms with Crippen LogP contribution in [0, 0.1) is 0 Å². The van der Waals surface area contributed by atoms with E-state index in [1.54, 1.807) is 24.3 Å². The van der Waals surface area contributed by atoms with Crippen molar-refractivity contribution in [3.63, 3.8) is 0 Å². The zero-order valence-corrected chi connectivity index (χ0v) is 17.9. The van der Waals surface area contributed by atoms with E-state index < -0.39 is 12.8 Å². The molecule has 0 aliphatic carbocycles. The maximum absolute atomic E-state index is 11.5. The van der Waals surface area contributed by atoms with E-state index in [0.717, 1.165) is 31.2 Å². The molecule has 1 aromatic carbocycles. The van der Waals surface area contributed by atoms with Crippen LogP contribution in [-0.4, -0.2) is 32.1 Å². The van der Waals surface area contributed by atoms with Gasteiger partial charge in [0.1, 0.15) is 5.75 Å². The summed E-state index contributed by atoms with van der Waals surface area (Å²) in [5, 5.41) is 6.33. The molecule has 0 saturated carbocycles. The molecule has 0 spiro atoms. The second kappa shape index (κ2) is 13.7. The zero-order chi connectivity index (χ0) is 20.0. The van der Waals surface area contributed by atoms with Gasteiger partial charge in [-0.2, -0.15) is 0 Å². The molecule has 0 atom stereocenters. The minimum atomic E-state index is -2.79. The number of carbonyl (C=O) groups is 1. The molecule has 1 N–H and O–H groups in total. The van der Waals surface area contributed by atoms with Crippen LogP contribution in [0.2, 0.25) is 0 Å². The fraction of sp³-hybridized carbons (Fsp3) is 0.556. The van der Waals surface area contributed by atoms with Crippen molar-refractivity contribution in [3.8, 4) is 5.75 Å². The lowest BCUT2D eigenvalue weighted by molar-refractivity contribution is 0.151. The Kier molecular flexibility index (Phi) is 11.9. The van der Waals surface area contributed by atoms with Crippen molar-refractivity contribution in [2.75, 3.05) is 19.8 Å². The van der Waals surface area contributed by atoms with Crippen LogP contribution in [-0.2, 0) is 25.7 Å². The molecule has 0 unspecified atom stereocenters. The monoisotopic (exact) mass is 416 g/mol. The Morgan fingerprint density at radius 1 is 1.11 bits per heavy atom. The summed E-state index contributed by atoms with van der Waals surface area (Å²) in [6.07, 6.45) is 5.24. The fourth-order valence-corrected chi connectivity index (χ4v) is 4.14. The van der Waals surface area contributed by atoms with Crippen LogP contribution >= 0.6 is 6.72 Å². The van der Waals surface area contributed by atoms with Crippen LogP contribution in [0.5, 0.6) is 5.75 Å². The lowest BCUT2D eigenvalue weighted by atomic mass is 10.2. The van der Waals surface area contributed by atoms with E-state index in [0.29, 0.717) is 25.5 Å². The Bertz CT molecular complexity index is 615. The molecule has 0 aromatic heterocycles. The minimum absolute atomic E-state index is 0.417. The first-order chi connectivity index (χ1) is 13.0. The van der Waals surface area contributed by atoms with E-state index in [-0.39, 0.29) is 0 Å². The first-order valence-electron chi connectivity index (χ1n) is 9.20. The van der Waals surface area contributed by atoms with E-state index in [1.165, 1.54) is 6.21 Å². The van der Waals surface area contributed by atoms with Gasteiger partial charge in [0.15, 0.2) is 0 Å². The normalized spacial score (nSPS) is 11.5. The number of nitrogens with zero attached hydrogens (tertiary/aromatic N) is 1. The molecule has 152 valence electrons. The molecule has 9 heteroatoms. The van der Waals surface area contributed by atoms with Gasteiger partial charge >= 0.3 is 12.8 Å². The molecule has 1 aromatic rings. The third-order valence-electron chi connectivity index (χ3n) is 3.31. The van der Waals surface area contributed by atoms with E-state index in [4.69, 9.17) is 30.2 Å². The summed E-state index contributed by atoms with van der Waals surface area (Å²) in [5.41, 5.74) is 0.749. The highest BCUT2D eigenvalue weighted by Gasteiger charge is 2.20. The van der Waals surface area contributed by atoms with Crippen molar-refractivity contribution in [1.82, 2.24) is 5.32 Å². The lowest BCUT2D eigenvalue weighted by Crippen LogP contribution is -2.23. The van der Waals surface area contributed by atoms with Gasteiger partial charge < -0.3 is 9.84 Å². The number of amides is 1. The second-order valence-corrected chi connectivity index (χ2v) is 8.48. The predicted molar refractivity (Wildman–Crippen MR) is 111 cm³/mol. The fourth-order valence-electron chi connectivity index (χ4n) is 2.06. The highest BCUT2D eigenvalue weighted by molar-refractivity contribution is 8.07. The number of unbranched alkanes of at least 4 members (excludes halogenated alkanes) is 3. The molecule has 0 radical (unpaired) electrons. The number of benzene rings is 1. The largest absolute Gasteiger partial charge is 0.433 e. The molecular weight excluding hydrogens is 387 g/mol. The minimum Gasteiger partial charge on any atom is -0.424 e. The molecule has 1 amide bonds. The van der Waals surface area contributed by atoms with Gasteiger partial charge in [-0.1, -0.05) is 31.3 Å². The Balaban J connectivity index is 2.44. The Hall–Kier alpha value is -1.47. The summed E-state index contributed by atoms with van der Waals surface area (Å²) in [4.78, 5) is 16.3. The Morgan fingerprint density at radius 3 is 2.37 bits per heavy atom. The van der Waals surface area contributed by atoms with E-state index >= 15 is 0 Å². The Labute approximate surface area is 166 Å². The van der Waals surface area contributed by atoms with E-state index in [2.05, 4.69) is 17.4 Å². The first kappa shape index (κ1) is 23.6. The van der Waals surface area contributed by atoms with Crippen LogP contribution in [0.1, 0.15) is 52.0 Å². The number of hydrogen-bond acceptors (Lipinski definition) is 7. The van der Waals surface area contributed by atoms with Gasteiger partial charge in [0.25, 0.3) is 0 Å². The number of oxime groups is 1. The van der Waals surface area contributed by atoms with Crippen LogP contribution < -0.4 is 9.84 Å². The summed E-state index contributed by atoms with van der Waals surface area (Å²) < 4.78 is 16.6. The second-order valence-electron chi connectivity index (χ2n) is 5.54. The predicted octanol–water partition coefficient (Wildman–Crippen LogP) is 5.00. The summed E-state index contributed by atoms with van der Waals surface area (Å²) >= 11 is 5.33. The third-order valence-corrected chi connectivity index (χ3v) is 5.75. The van der Waals surface area contributed by atoms with Crippen molar-refractivity contribution in [2.45, 2.75) is 46.5 Å². The van der Waals surface area contributed by atoms with E-state index in [1.807, 2.05) is 13.8 Å². The number of rotatable bonds is 13. The molecular formula is C18H29N2O5PS. The highest BCUT2D eigenvalue weighted by atomic mass is 32.5. The summed E-state index contributed by atoms with van der Waals surface area (Å²) in [6, 6.07) is 6.99. The molecule has 0 bridgehead atoms. The molecule has 0 fully saturated rings. The number of carbonyl (C=O) groups excluding carboxylic acids is 1. The number of hydrogen-bond donors (Lipinski definition) is 1. The topological polar surface area (TPSA) is 78.4 Å². The van der Waals surface area contributed by atoms with Gasteiger partial charge in [0.2, 0.25) is 0 Å². The quantitative estimate of drug-likeness (QED) is 0.160. The standard InChI is InChI=1S/C18H29N2O5PS/c1-4-7-8-9-14-19-18(21)24-20-15-16-10-12-17(13-11-16)25-26(27,22-5-2)23-6-3/h10-13,15H,4-9,14H2,1-3H3,(H,19,21)/b20-15+. The smallest absolute Gasteiger partial charge is 0.424 e. The van der Waals surface area contributed by atoms with Gasteiger partial charge in [-0.05, 0) is 50.1 Å². The third kappa shape index (κ3) is 10.4.